The van der Waals surface area contributed by atoms with E-state index in [-0.39, 0.29) is 29.9 Å². The molecule has 0 unspecified atom stereocenters. The lowest BCUT2D eigenvalue weighted by Gasteiger charge is -2.48. The monoisotopic (exact) mass is 454 g/mol. The van der Waals surface area contributed by atoms with Crippen LogP contribution in [0.15, 0.2) is 78.9 Å². The normalized spacial score (nSPS) is 26.2. The summed E-state index contributed by atoms with van der Waals surface area (Å²) in [5.74, 6) is -3.08. The van der Waals surface area contributed by atoms with E-state index in [9.17, 15) is 19.7 Å². The first kappa shape index (κ1) is 20.7. The lowest BCUT2D eigenvalue weighted by atomic mass is 9.51. The van der Waals surface area contributed by atoms with Crippen molar-refractivity contribution in [3.8, 4) is 0 Å². The number of hydrogen-bond donors (Lipinski definition) is 0. The highest BCUT2D eigenvalue weighted by molar-refractivity contribution is 6.08. The number of benzene rings is 3. The second-order valence-electron chi connectivity index (χ2n) is 9.05. The highest BCUT2D eigenvalue weighted by atomic mass is 16.6. The molecule has 7 rings (SSSR count). The summed E-state index contributed by atoms with van der Waals surface area (Å²) in [6.07, 6.45) is 0. The molecule has 0 N–H and O–H groups in total. The lowest BCUT2D eigenvalue weighted by molar-refractivity contribution is -0.578. The Morgan fingerprint density at radius 1 is 0.853 bits per heavy atom. The molecule has 1 fully saturated rings. The van der Waals surface area contributed by atoms with Gasteiger partial charge in [-0.15, -0.1) is 0 Å². The standard InChI is InChI=1S/C27H22N2O5/c30-25-23-22-18-10-4-6-12-20(18)27(29(32)33,21-13-7-5-11-19(21)22)24(23)26(31)28(25)14-15-34-16-17-8-2-1-3-9-17/h1-13,22-24H,14-16H2/t22?,23-,24+,27?/m1/s1. The Balaban J connectivity index is 1.38. The van der Waals surface area contributed by atoms with E-state index in [0.717, 1.165) is 16.7 Å². The fraction of sp³-hybridized carbons (Fsp3) is 0.259. The van der Waals surface area contributed by atoms with Crippen molar-refractivity contribution in [1.82, 2.24) is 4.90 Å². The molecule has 34 heavy (non-hydrogen) atoms. The lowest BCUT2D eigenvalue weighted by Crippen LogP contribution is -2.57. The van der Waals surface area contributed by atoms with Crippen molar-refractivity contribution in [2.45, 2.75) is 18.1 Å². The molecule has 1 aliphatic heterocycles. The minimum atomic E-state index is -1.78. The molecule has 2 amide bonds. The van der Waals surface area contributed by atoms with E-state index < -0.39 is 23.3 Å². The molecule has 7 nitrogen and oxygen atoms in total. The topological polar surface area (TPSA) is 89.8 Å². The van der Waals surface area contributed by atoms with Crippen molar-refractivity contribution in [1.29, 1.82) is 0 Å². The van der Waals surface area contributed by atoms with Gasteiger partial charge in [-0.3, -0.25) is 24.6 Å². The Labute approximate surface area is 196 Å². The summed E-state index contributed by atoms with van der Waals surface area (Å²) in [7, 11) is 0. The molecule has 0 radical (unpaired) electrons. The molecule has 1 heterocycles. The van der Waals surface area contributed by atoms with Gasteiger partial charge in [-0.1, -0.05) is 78.9 Å². The smallest absolute Gasteiger partial charge is 0.284 e. The van der Waals surface area contributed by atoms with Crippen LogP contribution in [0.1, 0.15) is 33.7 Å². The minimum Gasteiger partial charge on any atom is -0.375 e. The number of imide groups is 1. The van der Waals surface area contributed by atoms with Gasteiger partial charge in [-0.05, 0) is 16.7 Å². The Hall–Kier alpha value is -3.84. The van der Waals surface area contributed by atoms with Gasteiger partial charge in [0.1, 0.15) is 5.92 Å². The number of carbonyl (C=O) groups is 2. The molecule has 2 atom stereocenters. The van der Waals surface area contributed by atoms with Crippen LogP contribution in [0.2, 0.25) is 0 Å². The zero-order valence-corrected chi connectivity index (χ0v) is 18.3. The Morgan fingerprint density at radius 3 is 2.06 bits per heavy atom. The summed E-state index contributed by atoms with van der Waals surface area (Å²) < 4.78 is 5.72. The van der Waals surface area contributed by atoms with Crippen molar-refractivity contribution in [2.24, 2.45) is 11.8 Å². The fourth-order valence-electron chi connectivity index (χ4n) is 6.24. The molecule has 0 saturated carbocycles. The first-order valence-electron chi connectivity index (χ1n) is 11.4. The van der Waals surface area contributed by atoms with Crippen LogP contribution in [0.25, 0.3) is 0 Å². The number of amides is 2. The number of nitrogens with zero attached hydrogens (tertiary/aromatic N) is 2. The number of likely N-dealkylation sites (tertiary alicyclic amines) is 1. The number of ether oxygens (including phenoxy) is 1. The van der Waals surface area contributed by atoms with E-state index in [1.165, 1.54) is 4.90 Å². The second-order valence-corrected chi connectivity index (χ2v) is 9.05. The largest absolute Gasteiger partial charge is 0.375 e. The summed E-state index contributed by atoms with van der Waals surface area (Å²) >= 11 is 0. The van der Waals surface area contributed by atoms with Crippen LogP contribution < -0.4 is 0 Å². The van der Waals surface area contributed by atoms with E-state index in [2.05, 4.69) is 0 Å². The average molecular weight is 454 g/mol. The van der Waals surface area contributed by atoms with E-state index in [1.807, 2.05) is 54.6 Å². The average Bonchev–Trinajstić information content (AvgIpc) is 3.12. The number of nitro groups is 1. The van der Waals surface area contributed by atoms with E-state index in [0.29, 0.717) is 17.7 Å². The Bertz CT molecular complexity index is 1270. The van der Waals surface area contributed by atoms with Gasteiger partial charge in [0, 0.05) is 22.0 Å². The maximum atomic E-state index is 13.7. The summed E-state index contributed by atoms with van der Waals surface area (Å²) in [5.41, 5.74) is 1.79. The van der Waals surface area contributed by atoms with Gasteiger partial charge in [0.15, 0.2) is 0 Å². The van der Waals surface area contributed by atoms with Gasteiger partial charge in [-0.2, -0.15) is 0 Å². The highest BCUT2D eigenvalue weighted by Gasteiger charge is 2.74. The summed E-state index contributed by atoms with van der Waals surface area (Å²) in [5, 5.41) is 12.9. The van der Waals surface area contributed by atoms with Crippen molar-refractivity contribution in [3.05, 3.63) is 117 Å². The van der Waals surface area contributed by atoms with Crippen LogP contribution in [0.3, 0.4) is 0 Å². The molecule has 3 aromatic rings. The molecule has 170 valence electrons. The van der Waals surface area contributed by atoms with E-state index in [1.54, 1.807) is 24.3 Å². The van der Waals surface area contributed by atoms with Crippen LogP contribution >= 0.6 is 0 Å². The molecule has 1 saturated heterocycles. The summed E-state index contributed by atoms with van der Waals surface area (Å²) in [6.45, 7) is 0.606. The minimum absolute atomic E-state index is 0.0741. The zero-order valence-electron chi connectivity index (χ0n) is 18.3. The first-order valence-corrected chi connectivity index (χ1v) is 11.4. The van der Waals surface area contributed by atoms with Gasteiger partial charge >= 0.3 is 0 Å². The molecule has 2 bridgehead atoms. The summed E-state index contributed by atoms with van der Waals surface area (Å²) in [4.78, 5) is 41.0. The van der Waals surface area contributed by atoms with Crippen molar-refractivity contribution in [3.63, 3.8) is 0 Å². The number of rotatable bonds is 6. The Kier molecular flexibility index (Phi) is 4.64. The number of carbonyl (C=O) groups excluding carboxylic acids is 2. The molecule has 4 aliphatic rings. The molecule has 3 aliphatic carbocycles. The third-order valence-electron chi connectivity index (χ3n) is 7.52. The van der Waals surface area contributed by atoms with Crippen molar-refractivity contribution in [2.75, 3.05) is 13.2 Å². The van der Waals surface area contributed by atoms with Gasteiger partial charge in [-0.25, -0.2) is 0 Å². The zero-order chi connectivity index (χ0) is 23.4. The first-order chi connectivity index (χ1) is 16.6. The molecule has 3 aromatic carbocycles. The molecule has 0 spiro atoms. The summed E-state index contributed by atoms with van der Waals surface area (Å²) in [6, 6.07) is 24.0. The SMILES string of the molecule is O=C1[C@@H]2C3c4ccccc4C([N+](=O)[O-])(c4ccccc43)[C@@H]2C(=O)N1CCOCc1ccccc1. The van der Waals surface area contributed by atoms with Crippen LogP contribution in [0, 0.1) is 22.0 Å². The van der Waals surface area contributed by atoms with Crippen LogP contribution in [-0.2, 0) is 26.5 Å². The maximum absolute atomic E-state index is 13.7. The van der Waals surface area contributed by atoms with E-state index in [4.69, 9.17) is 4.74 Å². The van der Waals surface area contributed by atoms with Crippen molar-refractivity contribution < 1.29 is 19.2 Å². The quantitative estimate of drug-likeness (QED) is 0.246. The van der Waals surface area contributed by atoms with E-state index >= 15 is 0 Å². The van der Waals surface area contributed by atoms with Gasteiger partial charge < -0.3 is 4.74 Å². The fourth-order valence-corrected chi connectivity index (χ4v) is 6.24. The third-order valence-corrected chi connectivity index (χ3v) is 7.52. The molecule has 7 heteroatoms. The highest BCUT2D eigenvalue weighted by Crippen LogP contribution is 2.64. The molecular formula is C27H22N2O5. The predicted octanol–water partition coefficient (Wildman–Crippen LogP) is 3.48. The second kappa shape index (κ2) is 7.60. The van der Waals surface area contributed by atoms with Gasteiger partial charge in [0.2, 0.25) is 11.8 Å². The Morgan fingerprint density at radius 2 is 1.44 bits per heavy atom. The molecular weight excluding hydrogens is 432 g/mol. The molecule has 0 aromatic heterocycles. The predicted molar refractivity (Wildman–Crippen MR) is 122 cm³/mol. The number of hydrogen-bond acceptors (Lipinski definition) is 5. The van der Waals surface area contributed by atoms with Crippen molar-refractivity contribution >= 4 is 11.8 Å². The van der Waals surface area contributed by atoms with Crippen LogP contribution in [0.4, 0.5) is 0 Å². The van der Waals surface area contributed by atoms with Gasteiger partial charge in [0.05, 0.1) is 25.7 Å². The maximum Gasteiger partial charge on any atom is 0.284 e. The third kappa shape index (κ3) is 2.61. The van der Waals surface area contributed by atoms with Crippen LogP contribution in [-0.4, -0.2) is 34.8 Å². The van der Waals surface area contributed by atoms with Crippen LogP contribution in [0.5, 0.6) is 0 Å². The van der Waals surface area contributed by atoms with Gasteiger partial charge in [0.25, 0.3) is 5.54 Å².